The van der Waals surface area contributed by atoms with Crippen molar-refractivity contribution in [2.24, 2.45) is 5.73 Å². The van der Waals surface area contributed by atoms with Gasteiger partial charge in [-0.05, 0) is 39.3 Å². The predicted molar refractivity (Wildman–Crippen MR) is 74.5 cm³/mol. The van der Waals surface area contributed by atoms with Crippen LogP contribution in [0.1, 0.15) is 33.3 Å². The monoisotopic (exact) mass is 233 g/mol. The number of para-hydroxylation sites is 1. The standard InChI is InChI=1S/C14H23N3/c1-10(2)17-13-11(8-15)6-5-7-12(13)16-9-14(17,3)4/h5-7,10,16H,8-9,15H2,1-4H3. The molecule has 0 aliphatic carbocycles. The van der Waals surface area contributed by atoms with Gasteiger partial charge >= 0.3 is 0 Å². The van der Waals surface area contributed by atoms with E-state index in [-0.39, 0.29) is 5.54 Å². The summed E-state index contributed by atoms with van der Waals surface area (Å²) in [5.41, 5.74) is 9.70. The van der Waals surface area contributed by atoms with Crippen molar-refractivity contribution in [3.05, 3.63) is 23.8 Å². The van der Waals surface area contributed by atoms with E-state index in [4.69, 9.17) is 5.73 Å². The van der Waals surface area contributed by atoms with Crippen LogP contribution in [-0.4, -0.2) is 18.1 Å². The molecule has 0 aromatic heterocycles. The summed E-state index contributed by atoms with van der Waals surface area (Å²) < 4.78 is 0. The van der Waals surface area contributed by atoms with Gasteiger partial charge in [-0.1, -0.05) is 12.1 Å². The molecule has 0 atom stereocenters. The Kier molecular flexibility index (Phi) is 3.04. The lowest BCUT2D eigenvalue weighted by Gasteiger charge is -2.48. The molecule has 0 bridgehead atoms. The van der Waals surface area contributed by atoms with Crippen molar-refractivity contribution in [3.8, 4) is 0 Å². The zero-order chi connectivity index (χ0) is 12.6. The van der Waals surface area contributed by atoms with E-state index < -0.39 is 0 Å². The van der Waals surface area contributed by atoms with Gasteiger partial charge in [-0.2, -0.15) is 0 Å². The first-order valence-electron chi connectivity index (χ1n) is 6.32. The Morgan fingerprint density at radius 3 is 2.71 bits per heavy atom. The maximum absolute atomic E-state index is 5.87. The number of rotatable bonds is 2. The van der Waals surface area contributed by atoms with Crippen molar-refractivity contribution in [1.82, 2.24) is 0 Å². The zero-order valence-corrected chi connectivity index (χ0v) is 11.2. The molecule has 0 fully saturated rings. The first kappa shape index (κ1) is 12.2. The van der Waals surface area contributed by atoms with Crippen LogP contribution in [0.2, 0.25) is 0 Å². The van der Waals surface area contributed by atoms with Crippen LogP contribution in [0, 0.1) is 0 Å². The molecule has 94 valence electrons. The molecule has 2 rings (SSSR count). The molecule has 1 heterocycles. The molecular weight excluding hydrogens is 210 g/mol. The molecule has 1 aliphatic heterocycles. The van der Waals surface area contributed by atoms with Gasteiger partial charge in [-0.3, -0.25) is 0 Å². The Labute approximate surface area is 104 Å². The van der Waals surface area contributed by atoms with Crippen molar-refractivity contribution in [3.63, 3.8) is 0 Å². The number of hydrogen-bond donors (Lipinski definition) is 2. The number of fused-ring (bicyclic) bond motifs is 1. The van der Waals surface area contributed by atoms with Crippen LogP contribution >= 0.6 is 0 Å². The van der Waals surface area contributed by atoms with Crippen molar-refractivity contribution < 1.29 is 0 Å². The van der Waals surface area contributed by atoms with Crippen molar-refractivity contribution in [2.75, 3.05) is 16.8 Å². The zero-order valence-electron chi connectivity index (χ0n) is 11.2. The van der Waals surface area contributed by atoms with Gasteiger partial charge in [-0.15, -0.1) is 0 Å². The molecule has 1 aromatic rings. The Morgan fingerprint density at radius 1 is 1.41 bits per heavy atom. The van der Waals surface area contributed by atoms with E-state index in [0.29, 0.717) is 12.6 Å². The van der Waals surface area contributed by atoms with Crippen LogP contribution in [0.4, 0.5) is 11.4 Å². The summed E-state index contributed by atoms with van der Waals surface area (Å²) in [6.07, 6.45) is 0. The van der Waals surface area contributed by atoms with Gasteiger partial charge in [-0.25, -0.2) is 0 Å². The van der Waals surface area contributed by atoms with Crippen LogP contribution in [0.25, 0.3) is 0 Å². The first-order chi connectivity index (χ1) is 7.97. The average Bonchev–Trinajstić information content (AvgIpc) is 2.26. The highest BCUT2D eigenvalue weighted by molar-refractivity contribution is 5.77. The van der Waals surface area contributed by atoms with Crippen molar-refractivity contribution in [2.45, 2.75) is 45.8 Å². The second-order valence-corrected chi connectivity index (χ2v) is 5.65. The van der Waals surface area contributed by atoms with E-state index in [9.17, 15) is 0 Å². The maximum atomic E-state index is 5.87. The number of nitrogens with zero attached hydrogens (tertiary/aromatic N) is 1. The molecule has 0 amide bonds. The highest BCUT2D eigenvalue weighted by Crippen LogP contribution is 2.39. The van der Waals surface area contributed by atoms with Gasteiger partial charge in [0.25, 0.3) is 0 Å². The number of anilines is 2. The van der Waals surface area contributed by atoms with E-state index in [1.807, 2.05) is 0 Å². The lowest BCUT2D eigenvalue weighted by atomic mass is 9.93. The third-order valence-electron chi connectivity index (χ3n) is 3.46. The smallest absolute Gasteiger partial charge is 0.0654 e. The highest BCUT2D eigenvalue weighted by atomic mass is 15.3. The second-order valence-electron chi connectivity index (χ2n) is 5.65. The third-order valence-corrected chi connectivity index (χ3v) is 3.46. The first-order valence-corrected chi connectivity index (χ1v) is 6.32. The Bertz CT molecular complexity index is 396. The predicted octanol–water partition coefficient (Wildman–Crippen LogP) is 2.56. The Hall–Kier alpha value is -1.22. The maximum Gasteiger partial charge on any atom is 0.0654 e. The second kappa shape index (κ2) is 4.22. The van der Waals surface area contributed by atoms with E-state index in [0.717, 1.165) is 6.54 Å². The molecule has 3 nitrogen and oxygen atoms in total. The fraction of sp³-hybridized carbons (Fsp3) is 0.571. The molecule has 0 radical (unpaired) electrons. The minimum atomic E-state index is 0.117. The SMILES string of the molecule is CC(C)N1c2c(CN)cccc2NCC1(C)C. The lowest BCUT2D eigenvalue weighted by Crippen LogP contribution is -2.55. The summed E-state index contributed by atoms with van der Waals surface area (Å²) in [4.78, 5) is 2.49. The molecule has 3 N–H and O–H groups in total. The molecule has 0 saturated heterocycles. The summed E-state index contributed by atoms with van der Waals surface area (Å²) in [6.45, 7) is 10.6. The van der Waals surface area contributed by atoms with Gasteiger partial charge in [0.1, 0.15) is 0 Å². The quantitative estimate of drug-likeness (QED) is 0.825. The molecular formula is C14H23N3. The topological polar surface area (TPSA) is 41.3 Å². The molecule has 0 spiro atoms. The highest BCUT2D eigenvalue weighted by Gasteiger charge is 2.35. The normalized spacial score (nSPS) is 17.9. The Morgan fingerprint density at radius 2 is 2.12 bits per heavy atom. The number of nitrogens with two attached hydrogens (primary N) is 1. The third kappa shape index (κ3) is 2.00. The molecule has 0 unspecified atom stereocenters. The van der Waals surface area contributed by atoms with Gasteiger partial charge < -0.3 is 16.0 Å². The van der Waals surface area contributed by atoms with Crippen LogP contribution in [0.15, 0.2) is 18.2 Å². The summed E-state index contributed by atoms with van der Waals surface area (Å²) in [7, 11) is 0. The van der Waals surface area contributed by atoms with Gasteiger partial charge in [0.15, 0.2) is 0 Å². The summed E-state index contributed by atoms with van der Waals surface area (Å²) in [6, 6.07) is 6.81. The minimum Gasteiger partial charge on any atom is -0.381 e. The lowest BCUT2D eigenvalue weighted by molar-refractivity contribution is 0.437. The molecule has 1 aliphatic rings. The van der Waals surface area contributed by atoms with Crippen molar-refractivity contribution in [1.29, 1.82) is 0 Å². The average molecular weight is 233 g/mol. The van der Waals surface area contributed by atoms with E-state index in [2.05, 4.69) is 56.1 Å². The minimum absolute atomic E-state index is 0.117. The summed E-state index contributed by atoms with van der Waals surface area (Å²) in [5, 5.41) is 3.52. The van der Waals surface area contributed by atoms with Crippen LogP contribution in [-0.2, 0) is 6.54 Å². The van der Waals surface area contributed by atoms with Crippen molar-refractivity contribution >= 4 is 11.4 Å². The van der Waals surface area contributed by atoms with Crippen LogP contribution in [0.3, 0.4) is 0 Å². The van der Waals surface area contributed by atoms with Gasteiger partial charge in [0, 0.05) is 19.1 Å². The molecule has 17 heavy (non-hydrogen) atoms. The number of nitrogens with one attached hydrogen (secondary N) is 1. The fourth-order valence-electron chi connectivity index (χ4n) is 2.84. The van der Waals surface area contributed by atoms with Gasteiger partial charge in [0.2, 0.25) is 0 Å². The summed E-state index contributed by atoms with van der Waals surface area (Å²) in [5.74, 6) is 0. The van der Waals surface area contributed by atoms with E-state index in [1.165, 1.54) is 16.9 Å². The largest absolute Gasteiger partial charge is 0.381 e. The molecule has 3 heteroatoms. The van der Waals surface area contributed by atoms with Crippen LogP contribution < -0.4 is 16.0 Å². The summed E-state index contributed by atoms with van der Waals surface area (Å²) >= 11 is 0. The fourth-order valence-corrected chi connectivity index (χ4v) is 2.84. The van der Waals surface area contributed by atoms with E-state index in [1.54, 1.807) is 0 Å². The van der Waals surface area contributed by atoms with Gasteiger partial charge in [0.05, 0.1) is 16.9 Å². The van der Waals surface area contributed by atoms with Crippen LogP contribution in [0.5, 0.6) is 0 Å². The molecule has 0 saturated carbocycles. The van der Waals surface area contributed by atoms with E-state index >= 15 is 0 Å². The Balaban J connectivity index is 2.58. The number of benzene rings is 1. The number of hydrogen-bond acceptors (Lipinski definition) is 3. The molecule has 1 aromatic carbocycles.